The molecule has 1 saturated heterocycles. The maximum Gasteiger partial charge on any atom is 0.276 e. The van der Waals surface area contributed by atoms with Crippen molar-refractivity contribution in [3.63, 3.8) is 0 Å². The van der Waals surface area contributed by atoms with E-state index in [-0.39, 0.29) is 23.2 Å². The molecule has 2 aromatic rings. The summed E-state index contributed by atoms with van der Waals surface area (Å²) >= 11 is 0. The minimum absolute atomic E-state index is 0.0341. The smallest absolute Gasteiger partial charge is 0.276 e. The van der Waals surface area contributed by atoms with E-state index in [9.17, 15) is 23.6 Å². The highest BCUT2D eigenvalue weighted by Crippen LogP contribution is 2.30. The van der Waals surface area contributed by atoms with E-state index in [1.165, 1.54) is 30.5 Å². The Morgan fingerprint density at radius 3 is 2.69 bits per heavy atom. The molecule has 0 aromatic heterocycles. The lowest BCUT2D eigenvalue weighted by Crippen LogP contribution is -2.32. The van der Waals surface area contributed by atoms with Crippen LogP contribution in [0.1, 0.15) is 24.0 Å². The van der Waals surface area contributed by atoms with Crippen molar-refractivity contribution >= 4 is 27.6 Å². The predicted molar refractivity (Wildman–Crippen MR) is 110 cm³/mol. The monoisotopic (exact) mass is 418 g/mol. The quantitative estimate of drug-likeness (QED) is 0.403. The number of nitrogens with zero attached hydrogens (tertiary/aromatic N) is 3. The normalized spacial score (nSPS) is 17.0. The number of hydrazone groups is 1. The summed E-state index contributed by atoms with van der Waals surface area (Å²) in [7, 11) is -3.86. The summed E-state index contributed by atoms with van der Waals surface area (Å²) in [5, 5.41) is 24.6. The Balaban J connectivity index is 1.89. The molecule has 1 unspecified atom stereocenters. The molecular weight excluding hydrogens is 396 g/mol. The fraction of sp³-hybridized carbons (Fsp3) is 0.316. The van der Waals surface area contributed by atoms with Crippen molar-refractivity contribution in [3.8, 4) is 0 Å². The summed E-state index contributed by atoms with van der Waals surface area (Å²) in [4.78, 5) is 14.8. The number of benzene rings is 2. The number of nitro benzene ring substituents is 1. The maximum atomic E-state index is 12.4. The van der Waals surface area contributed by atoms with Crippen molar-refractivity contribution in [1.82, 2.24) is 4.83 Å². The van der Waals surface area contributed by atoms with Crippen molar-refractivity contribution in [1.29, 1.82) is 0 Å². The summed E-state index contributed by atoms with van der Waals surface area (Å²) in [6.45, 7) is 2.51. The highest BCUT2D eigenvalue weighted by atomic mass is 32.2. The zero-order valence-corrected chi connectivity index (χ0v) is 16.7. The molecule has 0 amide bonds. The molecule has 2 N–H and O–H groups in total. The first-order chi connectivity index (χ1) is 13.8. The molecule has 0 radical (unpaired) electrons. The number of sulfonamides is 1. The third-order valence-electron chi connectivity index (χ3n) is 4.83. The Hall–Kier alpha value is -2.98. The van der Waals surface area contributed by atoms with E-state index in [2.05, 4.69) is 9.93 Å². The molecule has 1 atom stereocenters. The van der Waals surface area contributed by atoms with Crippen molar-refractivity contribution in [2.24, 2.45) is 5.10 Å². The van der Waals surface area contributed by atoms with Gasteiger partial charge in [-0.25, -0.2) is 4.83 Å². The molecule has 3 rings (SSSR count). The summed E-state index contributed by atoms with van der Waals surface area (Å²) in [6, 6.07) is 10.5. The number of aliphatic hydroxyl groups excluding tert-OH is 1. The number of nitrogens with one attached hydrogen (secondary N) is 1. The van der Waals surface area contributed by atoms with Gasteiger partial charge in [0.25, 0.3) is 15.7 Å². The number of aryl methyl sites for hydroxylation is 1. The third kappa shape index (κ3) is 4.72. The number of aliphatic hydroxyl groups is 1. The molecule has 1 heterocycles. The number of hydrogen-bond donors (Lipinski definition) is 2. The summed E-state index contributed by atoms with van der Waals surface area (Å²) in [6.07, 6.45) is 2.95. The van der Waals surface area contributed by atoms with Gasteiger partial charge in [-0.05, 0) is 38.0 Å². The second-order valence-electron chi connectivity index (χ2n) is 6.84. The summed E-state index contributed by atoms with van der Waals surface area (Å²) < 4.78 is 24.7. The van der Waals surface area contributed by atoms with Crippen LogP contribution in [0.5, 0.6) is 0 Å². The van der Waals surface area contributed by atoms with Gasteiger partial charge >= 0.3 is 0 Å². The lowest BCUT2D eigenvalue weighted by molar-refractivity contribution is -0.384. The van der Waals surface area contributed by atoms with Crippen LogP contribution in [0.2, 0.25) is 0 Å². The van der Waals surface area contributed by atoms with Crippen LogP contribution in [0.4, 0.5) is 11.4 Å². The SMILES string of the molecule is Cc1ccc(S(=O)(=O)NN=Cc2cc([N+](=O)[O-])ccc2N2CCCC2CO)cc1. The van der Waals surface area contributed by atoms with Crippen LogP contribution in [0, 0.1) is 17.0 Å². The van der Waals surface area contributed by atoms with E-state index < -0.39 is 14.9 Å². The first-order valence-electron chi connectivity index (χ1n) is 9.09. The molecule has 1 fully saturated rings. The lowest BCUT2D eigenvalue weighted by Gasteiger charge is -2.26. The molecule has 9 nitrogen and oxygen atoms in total. The topological polar surface area (TPSA) is 125 Å². The highest BCUT2D eigenvalue weighted by Gasteiger charge is 2.26. The molecular formula is C19H22N4O5S. The molecule has 29 heavy (non-hydrogen) atoms. The molecule has 1 aliphatic rings. The summed E-state index contributed by atoms with van der Waals surface area (Å²) in [5.74, 6) is 0. The van der Waals surface area contributed by atoms with Crippen molar-refractivity contribution < 1.29 is 18.4 Å². The molecule has 0 saturated carbocycles. The van der Waals surface area contributed by atoms with E-state index >= 15 is 0 Å². The molecule has 0 spiro atoms. The van der Waals surface area contributed by atoms with E-state index in [1.807, 2.05) is 11.8 Å². The predicted octanol–water partition coefficient (Wildman–Crippen LogP) is 2.18. The Morgan fingerprint density at radius 1 is 1.31 bits per heavy atom. The van der Waals surface area contributed by atoms with Crippen LogP contribution in [0.15, 0.2) is 52.5 Å². The first-order valence-corrected chi connectivity index (χ1v) is 10.6. The third-order valence-corrected chi connectivity index (χ3v) is 6.07. The molecule has 0 aliphatic carbocycles. The molecule has 0 bridgehead atoms. The number of hydrogen-bond acceptors (Lipinski definition) is 7. The van der Waals surface area contributed by atoms with Crippen molar-refractivity contribution in [2.75, 3.05) is 18.1 Å². The molecule has 10 heteroatoms. The van der Waals surface area contributed by atoms with Crippen LogP contribution in [0.25, 0.3) is 0 Å². The number of nitro groups is 1. The average molecular weight is 418 g/mol. The van der Waals surface area contributed by atoms with Crippen molar-refractivity contribution in [3.05, 3.63) is 63.7 Å². The number of rotatable bonds is 7. The fourth-order valence-electron chi connectivity index (χ4n) is 3.30. The Bertz CT molecular complexity index is 1020. The van der Waals surface area contributed by atoms with Crippen LogP contribution in [-0.2, 0) is 10.0 Å². The van der Waals surface area contributed by atoms with Gasteiger partial charge in [0.2, 0.25) is 0 Å². The standard InChI is InChI=1S/C19H22N4O5S/c1-14-4-7-18(8-5-14)29(27,28)21-20-12-15-11-16(23(25)26)6-9-19(15)22-10-2-3-17(22)13-24/h4-9,11-12,17,21,24H,2-3,10,13H2,1H3. The zero-order valence-electron chi connectivity index (χ0n) is 15.9. The largest absolute Gasteiger partial charge is 0.394 e. The van der Waals surface area contributed by atoms with E-state index in [0.29, 0.717) is 17.8 Å². The van der Waals surface area contributed by atoms with Crippen LogP contribution in [-0.4, -0.2) is 43.9 Å². The van der Waals surface area contributed by atoms with Gasteiger partial charge in [-0.2, -0.15) is 13.5 Å². The van der Waals surface area contributed by atoms with Gasteiger partial charge in [0.15, 0.2) is 0 Å². The van der Waals surface area contributed by atoms with Gasteiger partial charge < -0.3 is 10.0 Å². The first kappa shape index (κ1) is 20.7. The highest BCUT2D eigenvalue weighted by molar-refractivity contribution is 7.89. The molecule has 2 aromatic carbocycles. The van der Waals surface area contributed by atoms with E-state index in [1.54, 1.807) is 18.2 Å². The van der Waals surface area contributed by atoms with Gasteiger partial charge in [-0.1, -0.05) is 17.7 Å². The van der Waals surface area contributed by atoms with Gasteiger partial charge in [-0.3, -0.25) is 10.1 Å². The van der Waals surface area contributed by atoms with E-state index in [4.69, 9.17) is 0 Å². The summed E-state index contributed by atoms with van der Waals surface area (Å²) in [5.41, 5.74) is 1.85. The number of anilines is 1. The second-order valence-corrected chi connectivity index (χ2v) is 8.50. The van der Waals surface area contributed by atoms with Gasteiger partial charge in [0, 0.05) is 29.9 Å². The lowest BCUT2D eigenvalue weighted by atomic mass is 10.1. The Morgan fingerprint density at radius 2 is 2.03 bits per heavy atom. The van der Waals surface area contributed by atoms with Crippen molar-refractivity contribution in [2.45, 2.75) is 30.7 Å². The Labute approximate surface area is 168 Å². The average Bonchev–Trinajstić information content (AvgIpc) is 3.16. The second kappa shape index (κ2) is 8.58. The van der Waals surface area contributed by atoms with Gasteiger partial charge in [-0.15, -0.1) is 0 Å². The number of non-ortho nitro benzene ring substituents is 1. The fourth-order valence-corrected chi connectivity index (χ4v) is 4.09. The van der Waals surface area contributed by atoms with E-state index in [0.717, 1.165) is 18.4 Å². The molecule has 154 valence electrons. The van der Waals surface area contributed by atoms with Crippen LogP contribution in [0.3, 0.4) is 0 Å². The minimum Gasteiger partial charge on any atom is -0.394 e. The van der Waals surface area contributed by atoms with Gasteiger partial charge in [0.1, 0.15) is 0 Å². The van der Waals surface area contributed by atoms with Crippen LogP contribution < -0.4 is 9.73 Å². The maximum absolute atomic E-state index is 12.4. The molecule has 1 aliphatic heterocycles. The van der Waals surface area contributed by atoms with Crippen LogP contribution >= 0.6 is 0 Å². The van der Waals surface area contributed by atoms with Gasteiger partial charge in [0.05, 0.1) is 28.7 Å². The minimum atomic E-state index is -3.86. The zero-order chi connectivity index (χ0) is 21.0. The Kier molecular flexibility index (Phi) is 6.14.